The average Bonchev–Trinajstić information content (AvgIpc) is 2.93. The number of hydrogen-bond donors (Lipinski definition) is 0. The van der Waals surface area contributed by atoms with Crippen molar-refractivity contribution in [2.24, 2.45) is 0 Å². The molecule has 3 rings (SSSR count). The van der Waals surface area contributed by atoms with Gasteiger partial charge >= 0.3 is 0 Å². The average molecular weight is 238 g/mol. The minimum absolute atomic E-state index is 0.153. The number of amides is 1. The maximum Gasteiger partial charge on any atom is 0.247 e. The number of halogens is 1. The van der Waals surface area contributed by atoms with E-state index >= 15 is 0 Å². The third kappa shape index (κ3) is 0.759. The standard InChI is InChI=1S/C10H8BrNO/c11-12-8-4-2-1-3-7(8)10(5-6-10)9(12)13/h1-4H,5-6H2. The van der Waals surface area contributed by atoms with Gasteiger partial charge in [0, 0.05) is 0 Å². The van der Waals surface area contributed by atoms with E-state index in [4.69, 9.17) is 0 Å². The lowest BCUT2D eigenvalue weighted by Gasteiger charge is -2.05. The second-order valence-corrected chi connectivity index (χ2v) is 4.39. The summed E-state index contributed by atoms with van der Waals surface area (Å²) >= 11 is 3.30. The van der Waals surface area contributed by atoms with Gasteiger partial charge in [-0.25, -0.2) is 3.93 Å². The van der Waals surface area contributed by atoms with Crippen LogP contribution in [0.3, 0.4) is 0 Å². The fraction of sp³-hybridized carbons (Fsp3) is 0.300. The molecule has 1 aromatic rings. The molecule has 1 heterocycles. The molecule has 1 aliphatic heterocycles. The number of anilines is 1. The first-order valence-electron chi connectivity index (χ1n) is 4.35. The lowest BCUT2D eigenvalue weighted by atomic mass is 9.98. The van der Waals surface area contributed by atoms with E-state index in [0.717, 1.165) is 18.5 Å². The molecule has 1 aromatic carbocycles. The van der Waals surface area contributed by atoms with Crippen molar-refractivity contribution in [1.82, 2.24) is 0 Å². The van der Waals surface area contributed by atoms with Gasteiger partial charge in [0.15, 0.2) is 0 Å². The second kappa shape index (κ2) is 2.15. The molecule has 0 atom stereocenters. The maximum absolute atomic E-state index is 11.8. The van der Waals surface area contributed by atoms with Crippen molar-refractivity contribution >= 4 is 27.7 Å². The highest BCUT2D eigenvalue weighted by Gasteiger charge is 2.58. The van der Waals surface area contributed by atoms with E-state index in [1.165, 1.54) is 5.56 Å². The zero-order chi connectivity index (χ0) is 9.05. The highest BCUT2D eigenvalue weighted by Crippen LogP contribution is 2.57. The third-order valence-electron chi connectivity index (χ3n) is 2.97. The van der Waals surface area contributed by atoms with Crippen LogP contribution in [0.5, 0.6) is 0 Å². The molecular formula is C10H8BrNO. The van der Waals surface area contributed by atoms with Gasteiger partial charge in [-0.15, -0.1) is 0 Å². The Hall–Kier alpha value is -0.830. The molecular weight excluding hydrogens is 230 g/mol. The van der Waals surface area contributed by atoms with Crippen LogP contribution < -0.4 is 3.93 Å². The van der Waals surface area contributed by atoms with Gasteiger partial charge in [-0.05, 0) is 24.5 Å². The molecule has 2 aliphatic rings. The van der Waals surface area contributed by atoms with Crippen molar-refractivity contribution in [2.75, 3.05) is 3.93 Å². The fourth-order valence-electron chi connectivity index (χ4n) is 2.07. The summed E-state index contributed by atoms with van der Waals surface area (Å²) in [6.07, 6.45) is 2.01. The lowest BCUT2D eigenvalue weighted by Crippen LogP contribution is -2.23. The number of rotatable bonds is 0. The number of fused-ring (bicyclic) bond motifs is 2. The summed E-state index contributed by atoms with van der Waals surface area (Å²) in [5.41, 5.74) is 2.06. The van der Waals surface area contributed by atoms with Gasteiger partial charge in [0.25, 0.3) is 0 Å². The van der Waals surface area contributed by atoms with Crippen LogP contribution in [0.1, 0.15) is 18.4 Å². The molecule has 0 unspecified atom stereocenters. The number of benzene rings is 1. The number of carbonyl (C=O) groups excluding carboxylic acids is 1. The van der Waals surface area contributed by atoms with Crippen molar-refractivity contribution in [1.29, 1.82) is 0 Å². The summed E-state index contributed by atoms with van der Waals surface area (Å²) in [5, 5.41) is 0. The quantitative estimate of drug-likeness (QED) is 0.635. The van der Waals surface area contributed by atoms with Crippen LogP contribution in [-0.4, -0.2) is 5.91 Å². The molecule has 1 spiro atoms. The van der Waals surface area contributed by atoms with Crippen molar-refractivity contribution < 1.29 is 4.79 Å². The first kappa shape index (κ1) is 7.56. The zero-order valence-electron chi connectivity index (χ0n) is 6.96. The topological polar surface area (TPSA) is 20.3 Å². The molecule has 3 heteroatoms. The molecule has 1 saturated carbocycles. The van der Waals surface area contributed by atoms with Crippen LogP contribution in [-0.2, 0) is 10.2 Å². The summed E-state index contributed by atoms with van der Waals surface area (Å²) in [5.74, 6) is 0.203. The summed E-state index contributed by atoms with van der Waals surface area (Å²) in [6.45, 7) is 0. The van der Waals surface area contributed by atoms with Gasteiger partial charge < -0.3 is 0 Å². The van der Waals surface area contributed by atoms with E-state index in [0.29, 0.717) is 0 Å². The minimum atomic E-state index is -0.153. The van der Waals surface area contributed by atoms with Crippen LogP contribution in [0.15, 0.2) is 24.3 Å². The Bertz CT molecular complexity index is 398. The van der Waals surface area contributed by atoms with Crippen LogP contribution in [0, 0.1) is 0 Å². The van der Waals surface area contributed by atoms with Gasteiger partial charge in [-0.3, -0.25) is 4.79 Å². The van der Waals surface area contributed by atoms with Gasteiger partial charge in [0.2, 0.25) is 5.91 Å². The van der Waals surface area contributed by atoms with Crippen molar-refractivity contribution in [3.05, 3.63) is 29.8 Å². The first-order valence-corrected chi connectivity index (χ1v) is 5.06. The summed E-state index contributed by atoms with van der Waals surface area (Å²) in [4.78, 5) is 11.8. The molecule has 0 radical (unpaired) electrons. The van der Waals surface area contributed by atoms with E-state index in [2.05, 4.69) is 22.2 Å². The second-order valence-electron chi connectivity index (χ2n) is 3.69. The van der Waals surface area contributed by atoms with Crippen molar-refractivity contribution in [2.45, 2.75) is 18.3 Å². The predicted octanol–water partition coefficient (Wildman–Crippen LogP) is 2.37. The summed E-state index contributed by atoms with van der Waals surface area (Å²) in [7, 11) is 0. The third-order valence-corrected chi connectivity index (χ3v) is 3.67. The Balaban J connectivity index is 2.27. The molecule has 0 aromatic heterocycles. The van der Waals surface area contributed by atoms with Crippen LogP contribution >= 0.6 is 16.1 Å². The fourth-order valence-corrected chi connectivity index (χ4v) is 2.72. The Morgan fingerprint density at radius 3 is 2.69 bits per heavy atom. The number of nitrogens with zero attached hydrogens (tertiary/aromatic N) is 1. The van der Waals surface area contributed by atoms with Gasteiger partial charge in [0.05, 0.1) is 27.2 Å². The number of hydrogen-bond acceptors (Lipinski definition) is 1. The largest absolute Gasteiger partial charge is 0.273 e. The smallest absolute Gasteiger partial charge is 0.247 e. The molecule has 0 bridgehead atoms. The highest BCUT2D eigenvalue weighted by molar-refractivity contribution is 9.10. The molecule has 1 aliphatic carbocycles. The van der Waals surface area contributed by atoms with Gasteiger partial charge in [-0.2, -0.15) is 0 Å². The monoisotopic (exact) mass is 237 g/mol. The molecule has 1 fully saturated rings. The SMILES string of the molecule is O=C1N(Br)c2ccccc2C12CC2. The highest BCUT2D eigenvalue weighted by atomic mass is 79.9. The molecule has 66 valence electrons. The summed E-state index contributed by atoms with van der Waals surface area (Å²) < 4.78 is 1.61. The van der Waals surface area contributed by atoms with E-state index in [1.807, 2.05) is 18.2 Å². The maximum atomic E-state index is 11.8. The van der Waals surface area contributed by atoms with Gasteiger partial charge in [0.1, 0.15) is 0 Å². The Labute approximate surface area is 84.9 Å². The Morgan fingerprint density at radius 1 is 1.31 bits per heavy atom. The minimum Gasteiger partial charge on any atom is -0.273 e. The van der Waals surface area contributed by atoms with E-state index in [1.54, 1.807) is 3.93 Å². The lowest BCUT2D eigenvalue weighted by molar-refractivity contribution is -0.118. The van der Waals surface area contributed by atoms with Crippen LogP contribution in [0.4, 0.5) is 5.69 Å². The molecule has 0 N–H and O–H groups in total. The zero-order valence-corrected chi connectivity index (χ0v) is 8.54. The van der Waals surface area contributed by atoms with E-state index in [9.17, 15) is 4.79 Å². The normalized spacial score (nSPS) is 22.2. The molecule has 0 saturated heterocycles. The Morgan fingerprint density at radius 2 is 2.00 bits per heavy atom. The van der Waals surface area contributed by atoms with E-state index in [-0.39, 0.29) is 11.3 Å². The van der Waals surface area contributed by atoms with Crippen LogP contribution in [0.2, 0.25) is 0 Å². The molecule has 1 amide bonds. The first-order chi connectivity index (χ1) is 6.26. The molecule has 13 heavy (non-hydrogen) atoms. The van der Waals surface area contributed by atoms with Gasteiger partial charge in [-0.1, -0.05) is 18.2 Å². The number of carbonyl (C=O) groups is 1. The van der Waals surface area contributed by atoms with Crippen LogP contribution in [0.25, 0.3) is 0 Å². The van der Waals surface area contributed by atoms with Crippen molar-refractivity contribution in [3.8, 4) is 0 Å². The summed E-state index contributed by atoms with van der Waals surface area (Å²) in [6, 6.07) is 8.00. The number of para-hydroxylation sites is 1. The Kier molecular flexibility index (Phi) is 1.25. The van der Waals surface area contributed by atoms with E-state index < -0.39 is 0 Å². The molecule has 2 nitrogen and oxygen atoms in total. The predicted molar refractivity (Wildman–Crippen MR) is 53.8 cm³/mol. The van der Waals surface area contributed by atoms with Crippen molar-refractivity contribution in [3.63, 3.8) is 0 Å².